The highest BCUT2D eigenvalue weighted by Crippen LogP contribution is 2.39. The number of ether oxygens (including phenoxy) is 1. The summed E-state index contributed by atoms with van der Waals surface area (Å²) < 4.78 is 5.91. The molecule has 4 rings (SSSR count). The molecule has 0 radical (unpaired) electrons. The first-order valence-electron chi connectivity index (χ1n) is 10.6. The second-order valence-electron chi connectivity index (χ2n) is 8.28. The lowest BCUT2D eigenvalue weighted by Gasteiger charge is -2.35. The summed E-state index contributed by atoms with van der Waals surface area (Å²) in [5.41, 5.74) is 0.810. The minimum atomic E-state index is -0.790. The number of carbonyl (C=O) groups is 3. The number of carbonyl (C=O) groups excluding carboxylic acids is 3. The molecule has 2 aromatic carbocycles. The maximum Gasteiger partial charge on any atom is 0.327 e. The molecule has 162 valence electrons. The quantitative estimate of drug-likeness (QED) is 0.729. The van der Waals surface area contributed by atoms with E-state index in [9.17, 15) is 14.4 Å². The average molecular weight is 421 g/mol. The molecule has 4 amide bonds. The second kappa shape index (κ2) is 8.41. The normalized spacial score (nSPS) is 17.9. The van der Waals surface area contributed by atoms with E-state index in [4.69, 9.17) is 4.74 Å². The number of rotatable bonds is 5. The van der Waals surface area contributed by atoms with Crippen molar-refractivity contribution in [3.63, 3.8) is 0 Å². The van der Waals surface area contributed by atoms with Crippen LogP contribution in [-0.4, -0.2) is 46.8 Å². The summed E-state index contributed by atoms with van der Waals surface area (Å²) in [6, 6.07) is 14.3. The minimum absolute atomic E-state index is 0.265. The van der Waals surface area contributed by atoms with E-state index >= 15 is 0 Å². The Balaban J connectivity index is 1.46. The van der Waals surface area contributed by atoms with Crippen molar-refractivity contribution in [2.45, 2.75) is 44.6 Å². The molecule has 0 aromatic heterocycles. The van der Waals surface area contributed by atoms with Crippen LogP contribution in [0.25, 0.3) is 0 Å². The third-order valence-corrected chi connectivity index (χ3v) is 6.20. The monoisotopic (exact) mass is 421 g/mol. The number of benzene rings is 2. The summed E-state index contributed by atoms with van der Waals surface area (Å²) in [4.78, 5) is 41.2. The van der Waals surface area contributed by atoms with Crippen LogP contribution in [0.3, 0.4) is 0 Å². The van der Waals surface area contributed by atoms with Crippen molar-refractivity contribution in [1.29, 1.82) is 0 Å². The molecular weight excluding hydrogens is 394 g/mol. The van der Waals surface area contributed by atoms with Crippen molar-refractivity contribution in [3.05, 3.63) is 54.1 Å². The maximum absolute atomic E-state index is 13.1. The molecule has 7 heteroatoms. The number of para-hydroxylation sites is 2. The first-order chi connectivity index (χ1) is 14.9. The Labute approximate surface area is 182 Å². The number of hydrogen-bond donors (Lipinski definition) is 1. The molecule has 1 heterocycles. The van der Waals surface area contributed by atoms with E-state index in [0.29, 0.717) is 30.0 Å². The predicted octanol–water partition coefficient (Wildman–Crippen LogP) is 4.32. The lowest BCUT2D eigenvalue weighted by atomic mass is 9.81. The molecule has 0 bridgehead atoms. The fraction of sp³-hybridized carbons (Fsp3) is 0.375. The standard InChI is InChI=1S/C24H27N3O4/c1-17-10-12-18(13-11-17)31-20-9-5-4-8-19(20)25-21(28)16-27-22(29)24(26(2)23(27)30)14-6-3-7-15-24/h4-5,8-13H,3,6-7,14-16H2,1-2H3,(H,25,28). The van der Waals surface area contributed by atoms with Crippen LogP contribution >= 0.6 is 0 Å². The van der Waals surface area contributed by atoms with Gasteiger partial charge < -0.3 is 15.0 Å². The number of aryl methyl sites for hydroxylation is 1. The number of hydrogen-bond acceptors (Lipinski definition) is 4. The van der Waals surface area contributed by atoms with E-state index in [1.807, 2.05) is 37.3 Å². The van der Waals surface area contributed by atoms with Crippen molar-refractivity contribution >= 4 is 23.5 Å². The third kappa shape index (κ3) is 4.00. The summed E-state index contributed by atoms with van der Waals surface area (Å²) in [5.74, 6) is 0.430. The van der Waals surface area contributed by atoms with Crippen molar-refractivity contribution in [3.8, 4) is 11.5 Å². The molecule has 7 nitrogen and oxygen atoms in total. The topological polar surface area (TPSA) is 79.0 Å². The Morgan fingerprint density at radius 3 is 2.42 bits per heavy atom. The van der Waals surface area contributed by atoms with Crippen molar-refractivity contribution in [1.82, 2.24) is 9.80 Å². The summed E-state index contributed by atoms with van der Waals surface area (Å²) in [6.45, 7) is 1.68. The molecule has 0 unspecified atom stereocenters. The molecule has 2 fully saturated rings. The van der Waals surface area contributed by atoms with Gasteiger partial charge in [-0.1, -0.05) is 49.1 Å². The van der Waals surface area contributed by atoms with Gasteiger partial charge in [0.2, 0.25) is 5.91 Å². The van der Waals surface area contributed by atoms with Crippen molar-refractivity contribution in [2.24, 2.45) is 0 Å². The number of amides is 4. The Bertz CT molecular complexity index is 996. The lowest BCUT2D eigenvalue weighted by molar-refractivity contribution is -0.136. The maximum atomic E-state index is 13.1. The first kappa shape index (κ1) is 20.9. The molecule has 2 aliphatic rings. The lowest BCUT2D eigenvalue weighted by Crippen LogP contribution is -2.49. The van der Waals surface area contributed by atoms with Gasteiger partial charge in [-0.05, 0) is 44.0 Å². The van der Waals surface area contributed by atoms with E-state index in [1.54, 1.807) is 25.2 Å². The Kier molecular flexibility index (Phi) is 5.67. The van der Waals surface area contributed by atoms with Crippen LogP contribution in [0, 0.1) is 6.92 Å². The van der Waals surface area contributed by atoms with E-state index < -0.39 is 17.5 Å². The SMILES string of the molecule is Cc1ccc(Oc2ccccc2NC(=O)CN2C(=O)N(C)C3(CCCCC3)C2=O)cc1. The highest BCUT2D eigenvalue weighted by molar-refractivity contribution is 6.10. The fourth-order valence-corrected chi connectivity index (χ4v) is 4.40. The van der Waals surface area contributed by atoms with Crippen LogP contribution in [-0.2, 0) is 9.59 Å². The summed E-state index contributed by atoms with van der Waals surface area (Å²) in [6.07, 6.45) is 4.19. The van der Waals surface area contributed by atoms with Crippen LogP contribution in [0.15, 0.2) is 48.5 Å². The molecule has 31 heavy (non-hydrogen) atoms. The zero-order valence-corrected chi connectivity index (χ0v) is 17.9. The van der Waals surface area contributed by atoms with Crippen LogP contribution < -0.4 is 10.1 Å². The van der Waals surface area contributed by atoms with E-state index in [1.165, 1.54) is 4.90 Å². The molecular formula is C24H27N3O4. The first-order valence-corrected chi connectivity index (χ1v) is 10.6. The van der Waals surface area contributed by atoms with E-state index in [-0.39, 0.29) is 12.5 Å². The number of urea groups is 1. The van der Waals surface area contributed by atoms with Gasteiger partial charge in [0, 0.05) is 7.05 Å². The smallest absolute Gasteiger partial charge is 0.327 e. The Morgan fingerprint density at radius 2 is 1.71 bits per heavy atom. The van der Waals surface area contributed by atoms with Crippen molar-refractivity contribution < 1.29 is 19.1 Å². The van der Waals surface area contributed by atoms with E-state index in [2.05, 4.69) is 5.32 Å². The number of likely N-dealkylation sites (N-methyl/N-ethyl adjacent to an activating group) is 1. The molecule has 0 atom stereocenters. The van der Waals surface area contributed by atoms with Crippen molar-refractivity contribution in [2.75, 3.05) is 18.9 Å². The molecule has 2 aromatic rings. The zero-order chi connectivity index (χ0) is 22.0. The molecule has 1 saturated carbocycles. The van der Waals surface area contributed by atoms with Gasteiger partial charge in [0.15, 0.2) is 5.75 Å². The van der Waals surface area contributed by atoms with Crippen LogP contribution in [0.5, 0.6) is 11.5 Å². The number of nitrogens with one attached hydrogen (secondary N) is 1. The van der Waals surface area contributed by atoms with Crippen LogP contribution in [0.4, 0.5) is 10.5 Å². The molecule has 1 aliphatic carbocycles. The number of nitrogens with zero attached hydrogens (tertiary/aromatic N) is 2. The summed E-state index contributed by atoms with van der Waals surface area (Å²) >= 11 is 0. The van der Waals surface area contributed by atoms with Crippen LogP contribution in [0.2, 0.25) is 0 Å². The van der Waals surface area contributed by atoms with Gasteiger partial charge in [-0.25, -0.2) is 4.79 Å². The summed E-state index contributed by atoms with van der Waals surface area (Å²) in [7, 11) is 1.66. The van der Waals surface area contributed by atoms with Gasteiger partial charge in [-0.15, -0.1) is 0 Å². The third-order valence-electron chi connectivity index (χ3n) is 6.20. The van der Waals surface area contributed by atoms with E-state index in [0.717, 1.165) is 29.7 Å². The fourth-order valence-electron chi connectivity index (χ4n) is 4.40. The second-order valence-corrected chi connectivity index (χ2v) is 8.28. The van der Waals surface area contributed by atoms with Gasteiger partial charge in [0.05, 0.1) is 5.69 Å². The average Bonchev–Trinajstić information content (AvgIpc) is 2.93. The van der Waals surface area contributed by atoms with Gasteiger partial charge >= 0.3 is 6.03 Å². The Morgan fingerprint density at radius 1 is 1.03 bits per heavy atom. The number of anilines is 1. The van der Waals surface area contributed by atoms with Gasteiger partial charge in [-0.3, -0.25) is 14.5 Å². The highest BCUT2D eigenvalue weighted by Gasteiger charge is 2.55. The minimum Gasteiger partial charge on any atom is -0.455 e. The highest BCUT2D eigenvalue weighted by atomic mass is 16.5. The summed E-state index contributed by atoms with van der Waals surface area (Å²) in [5, 5.41) is 2.79. The van der Waals surface area contributed by atoms with Gasteiger partial charge in [0.25, 0.3) is 5.91 Å². The van der Waals surface area contributed by atoms with Gasteiger partial charge in [-0.2, -0.15) is 0 Å². The van der Waals surface area contributed by atoms with Gasteiger partial charge in [0.1, 0.15) is 17.8 Å². The largest absolute Gasteiger partial charge is 0.455 e. The Hall–Kier alpha value is -3.35. The molecule has 1 N–H and O–H groups in total. The van der Waals surface area contributed by atoms with Crippen LogP contribution in [0.1, 0.15) is 37.7 Å². The molecule has 1 spiro atoms. The zero-order valence-electron chi connectivity index (χ0n) is 17.9. The predicted molar refractivity (Wildman–Crippen MR) is 117 cm³/mol. The molecule has 1 saturated heterocycles. The number of imide groups is 1. The molecule has 1 aliphatic heterocycles.